The van der Waals surface area contributed by atoms with Gasteiger partial charge in [0.1, 0.15) is 5.82 Å². The first-order valence-electron chi connectivity index (χ1n) is 6.20. The predicted octanol–water partition coefficient (Wildman–Crippen LogP) is 4.16. The van der Waals surface area contributed by atoms with E-state index < -0.39 is 0 Å². The quantitative estimate of drug-likeness (QED) is 0.851. The van der Waals surface area contributed by atoms with Crippen LogP contribution in [0, 0.1) is 0 Å². The normalized spacial score (nSPS) is 10.7. The monoisotopic (exact) mass is 337 g/mol. The van der Waals surface area contributed by atoms with E-state index in [0.717, 1.165) is 27.9 Å². The number of aryl methyl sites for hydroxylation is 1. The number of hydrogen-bond donors (Lipinski definition) is 1. The highest BCUT2D eigenvalue weighted by Gasteiger charge is 2.10. The molecule has 1 aromatic heterocycles. The second-order valence-corrected chi connectivity index (χ2v) is 6.13. The minimum Gasteiger partial charge on any atom is -0.383 e. The van der Waals surface area contributed by atoms with Gasteiger partial charge in [-0.3, -0.25) is 0 Å². The molecule has 1 heterocycles. The molecule has 5 heteroatoms. The fourth-order valence-corrected chi connectivity index (χ4v) is 2.86. The van der Waals surface area contributed by atoms with Crippen LogP contribution in [0.5, 0.6) is 0 Å². The molecular formula is C14H16BrN3S. The van der Waals surface area contributed by atoms with E-state index in [9.17, 15) is 0 Å². The number of anilines is 1. The third-order valence-electron chi connectivity index (χ3n) is 2.70. The van der Waals surface area contributed by atoms with Crippen LogP contribution in [-0.4, -0.2) is 15.7 Å². The van der Waals surface area contributed by atoms with Crippen LogP contribution in [0.2, 0.25) is 0 Å². The van der Waals surface area contributed by atoms with Crippen LogP contribution in [0.3, 0.4) is 0 Å². The lowest BCUT2D eigenvalue weighted by atomic mass is 10.2. The molecule has 0 aliphatic rings. The van der Waals surface area contributed by atoms with Crippen molar-refractivity contribution in [2.45, 2.75) is 25.2 Å². The minimum absolute atomic E-state index is 0.494. The zero-order valence-electron chi connectivity index (χ0n) is 11.0. The molecule has 3 nitrogen and oxygen atoms in total. The van der Waals surface area contributed by atoms with Gasteiger partial charge in [-0.25, -0.2) is 9.97 Å². The summed E-state index contributed by atoms with van der Waals surface area (Å²) >= 11 is 5.25. The van der Waals surface area contributed by atoms with E-state index in [1.807, 2.05) is 23.9 Å². The van der Waals surface area contributed by atoms with Crippen LogP contribution in [-0.2, 0) is 6.42 Å². The molecule has 0 atom stereocenters. The van der Waals surface area contributed by atoms with Crippen LogP contribution in [0.4, 0.5) is 5.82 Å². The lowest BCUT2D eigenvalue weighted by Gasteiger charge is -2.08. The Morgan fingerprint density at radius 1 is 1.16 bits per heavy atom. The summed E-state index contributed by atoms with van der Waals surface area (Å²) in [5.41, 5.74) is 7.84. The Balaban J connectivity index is 2.38. The maximum Gasteiger partial charge on any atom is 0.161 e. The highest BCUT2D eigenvalue weighted by molar-refractivity contribution is 9.10. The maximum atomic E-state index is 5.91. The predicted molar refractivity (Wildman–Crippen MR) is 85.4 cm³/mol. The Hall–Kier alpha value is -1.07. The second kappa shape index (κ2) is 6.39. The first-order valence-corrected chi connectivity index (χ1v) is 7.98. The molecule has 2 aromatic rings. The Kier molecular flexibility index (Phi) is 4.82. The number of aromatic nitrogens is 2. The van der Waals surface area contributed by atoms with Crippen molar-refractivity contribution >= 4 is 33.5 Å². The SMILES string of the molecule is CCSc1ccc(-c2nc(N)c(Br)c(CC)n2)cc1. The summed E-state index contributed by atoms with van der Waals surface area (Å²) in [6, 6.07) is 8.27. The van der Waals surface area contributed by atoms with E-state index in [2.05, 4.69) is 51.9 Å². The van der Waals surface area contributed by atoms with Gasteiger partial charge in [-0.15, -0.1) is 11.8 Å². The van der Waals surface area contributed by atoms with Crippen LogP contribution in [0.1, 0.15) is 19.5 Å². The molecule has 0 unspecified atom stereocenters. The second-order valence-electron chi connectivity index (χ2n) is 4.00. The van der Waals surface area contributed by atoms with Crippen molar-refractivity contribution in [2.75, 3.05) is 11.5 Å². The van der Waals surface area contributed by atoms with E-state index in [1.165, 1.54) is 4.90 Å². The Morgan fingerprint density at radius 2 is 1.84 bits per heavy atom. The molecule has 0 saturated heterocycles. The first kappa shape index (κ1) is 14.3. The van der Waals surface area contributed by atoms with Gasteiger partial charge in [-0.2, -0.15) is 0 Å². The van der Waals surface area contributed by atoms with Crippen molar-refractivity contribution < 1.29 is 0 Å². The molecule has 0 amide bonds. The number of nitrogens with zero attached hydrogens (tertiary/aromatic N) is 2. The lowest BCUT2D eigenvalue weighted by Crippen LogP contribution is -2.02. The van der Waals surface area contributed by atoms with Crippen molar-refractivity contribution in [1.82, 2.24) is 9.97 Å². The summed E-state index contributed by atoms with van der Waals surface area (Å²) in [7, 11) is 0. The Bertz CT molecular complexity index is 570. The van der Waals surface area contributed by atoms with E-state index in [-0.39, 0.29) is 0 Å². The zero-order chi connectivity index (χ0) is 13.8. The minimum atomic E-state index is 0.494. The van der Waals surface area contributed by atoms with E-state index in [4.69, 9.17) is 5.73 Å². The average Bonchev–Trinajstić information content (AvgIpc) is 2.43. The maximum absolute atomic E-state index is 5.91. The number of hydrogen-bond acceptors (Lipinski definition) is 4. The van der Waals surface area contributed by atoms with Crippen molar-refractivity contribution in [3.05, 3.63) is 34.4 Å². The summed E-state index contributed by atoms with van der Waals surface area (Å²) in [5.74, 6) is 2.25. The molecule has 0 bridgehead atoms. The van der Waals surface area contributed by atoms with E-state index in [0.29, 0.717) is 11.6 Å². The molecule has 0 aliphatic heterocycles. The van der Waals surface area contributed by atoms with E-state index in [1.54, 1.807) is 0 Å². The molecule has 0 saturated carbocycles. The Morgan fingerprint density at radius 3 is 2.42 bits per heavy atom. The van der Waals surface area contributed by atoms with Crippen LogP contribution >= 0.6 is 27.7 Å². The van der Waals surface area contributed by atoms with Crippen molar-refractivity contribution in [1.29, 1.82) is 0 Å². The lowest BCUT2D eigenvalue weighted by molar-refractivity contribution is 0.995. The summed E-state index contributed by atoms with van der Waals surface area (Å²) in [6.07, 6.45) is 0.823. The first-order chi connectivity index (χ1) is 9.15. The highest BCUT2D eigenvalue weighted by Crippen LogP contribution is 2.27. The smallest absolute Gasteiger partial charge is 0.161 e. The third kappa shape index (κ3) is 3.28. The van der Waals surface area contributed by atoms with Gasteiger partial charge in [0.05, 0.1) is 10.2 Å². The number of halogens is 1. The molecule has 2 rings (SSSR count). The zero-order valence-corrected chi connectivity index (χ0v) is 13.4. The standard InChI is InChI=1S/C14H16BrN3S/c1-3-11-12(15)13(16)18-14(17-11)9-5-7-10(8-6-9)19-4-2/h5-8H,3-4H2,1-2H3,(H2,16,17,18). The van der Waals surface area contributed by atoms with E-state index >= 15 is 0 Å². The van der Waals surface area contributed by atoms with Crippen LogP contribution in [0.15, 0.2) is 33.6 Å². The Labute approximate surface area is 126 Å². The number of nitrogens with two attached hydrogens (primary N) is 1. The summed E-state index contributed by atoms with van der Waals surface area (Å²) in [6.45, 7) is 4.20. The average molecular weight is 338 g/mol. The van der Waals surface area contributed by atoms with Gasteiger partial charge in [-0.05, 0) is 40.2 Å². The van der Waals surface area contributed by atoms with Crippen LogP contribution < -0.4 is 5.73 Å². The third-order valence-corrected chi connectivity index (χ3v) is 4.46. The summed E-state index contributed by atoms with van der Waals surface area (Å²) < 4.78 is 0.803. The number of benzene rings is 1. The largest absolute Gasteiger partial charge is 0.383 e. The van der Waals surface area contributed by atoms with Gasteiger partial charge < -0.3 is 5.73 Å². The molecule has 100 valence electrons. The van der Waals surface area contributed by atoms with Crippen molar-refractivity contribution in [2.24, 2.45) is 0 Å². The number of thioether (sulfide) groups is 1. The van der Waals surface area contributed by atoms with Gasteiger partial charge in [-0.1, -0.05) is 26.0 Å². The molecule has 0 fully saturated rings. The fraction of sp³-hybridized carbons (Fsp3) is 0.286. The number of nitrogen functional groups attached to an aromatic ring is 1. The van der Waals surface area contributed by atoms with Crippen molar-refractivity contribution in [3.8, 4) is 11.4 Å². The molecule has 0 aliphatic carbocycles. The fourth-order valence-electron chi connectivity index (χ4n) is 1.74. The van der Waals surface area contributed by atoms with Gasteiger partial charge >= 0.3 is 0 Å². The molecular weight excluding hydrogens is 322 g/mol. The van der Waals surface area contributed by atoms with Gasteiger partial charge in [0.25, 0.3) is 0 Å². The van der Waals surface area contributed by atoms with Crippen molar-refractivity contribution in [3.63, 3.8) is 0 Å². The van der Waals surface area contributed by atoms with Gasteiger partial charge in [0, 0.05) is 10.5 Å². The summed E-state index contributed by atoms with van der Waals surface area (Å²) in [4.78, 5) is 10.1. The molecule has 19 heavy (non-hydrogen) atoms. The van der Waals surface area contributed by atoms with Crippen LogP contribution in [0.25, 0.3) is 11.4 Å². The molecule has 2 N–H and O–H groups in total. The molecule has 1 aromatic carbocycles. The molecule has 0 spiro atoms. The highest BCUT2D eigenvalue weighted by atomic mass is 79.9. The summed E-state index contributed by atoms with van der Waals surface area (Å²) in [5, 5.41) is 0. The molecule has 0 radical (unpaired) electrons. The topological polar surface area (TPSA) is 51.8 Å². The number of rotatable bonds is 4. The van der Waals surface area contributed by atoms with Gasteiger partial charge in [0.2, 0.25) is 0 Å². The van der Waals surface area contributed by atoms with Gasteiger partial charge in [0.15, 0.2) is 5.82 Å².